The Bertz CT molecular complexity index is 692. The summed E-state index contributed by atoms with van der Waals surface area (Å²) in [5.41, 5.74) is 2.24. The lowest BCUT2D eigenvalue weighted by Gasteiger charge is -2.27. The van der Waals surface area contributed by atoms with Crippen molar-refractivity contribution in [1.82, 2.24) is 20.2 Å². The summed E-state index contributed by atoms with van der Waals surface area (Å²) in [5.74, 6) is 0.141. The monoisotopic (exact) mass is 285 g/mol. The maximum absolute atomic E-state index is 12.2. The summed E-state index contributed by atoms with van der Waals surface area (Å²) in [7, 11) is 1.37. The van der Waals surface area contributed by atoms with E-state index in [4.69, 9.17) is 4.74 Å². The van der Waals surface area contributed by atoms with Gasteiger partial charge in [-0.25, -0.2) is 4.79 Å². The number of nitrogens with one attached hydrogen (secondary N) is 1. The van der Waals surface area contributed by atoms with Crippen LogP contribution in [0.25, 0.3) is 0 Å². The summed E-state index contributed by atoms with van der Waals surface area (Å²) in [6.07, 6.45) is 0.653. The molecule has 3 rings (SSSR count). The van der Waals surface area contributed by atoms with Crippen molar-refractivity contribution in [2.24, 2.45) is 0 Å². The number of esters is 1. The number of ether oxygens (including phenoxy) is 1. The van der Waals surface area contributed by atoms with Crippen LogP contribution < -0.4 is 5.32 Å². The number of carbonyl (C=O) groups excluding carboxylic acids is 1. The van der Waals surface area contributed by atoms with Crippen molar-refractivity contribution in [2.75, 3.05) is 12.4 Å². The van der Waals surface area contributed by atoms with Crippen LogP contribution in [-0.2, 0) is 9.53 Å². The Hall–Kier alpha value is -2.70. The molecule has 1 aliphatic rings. The van der Waals surface area contributed by atoms with Crippen molar-refractivity contribution in [3.8, 4) is 0 Å². The molecular weight excluding hydrogens is 270 g/mol. The van der Waals surface area contributed by atoms with Gasteiger partial charge >= 0.3 is 5.97 Å². The molecule has 1 N–H and O–H groups in total. The highest BCUT2D eigenvalue weighted by Crippen LogP contribution is 2.35. The first-order valence-electron chi connectivity index (χ1n) is 6.67. The lowest BCUT2D eigenvalue weighted by atomic mass is 9.95. The van der Waals surface area contributed by atoms with Gasteiger partial charge in [-0.05, 0) is 22.4 Å². The molecule has 1 aromatic heterocycles. The van der Waals surface area contributed by atoms with E-state index in [1.807, 2.05) is 37.3 Å². The lowest BCUT2D eigenvalue weighted by Crippen LogP contribution is -2.29. The second kappa shape index (κ2) is 5.35. The van der Waals surface area contributed by atoms with E-state index in [-0.39, 0.29) is 12.0 Å². The van der Waals surface area contributed by atoms with E-state index in [0.717, 1.165) is 11.3 Å². The largest absolute Gasteiger partial charge is 0.466 e. The minimum absolute atomic E-state index is 0.380. The Morgan fingerprint density at radius 2 is 2.14 bits per heavy atom. The first kappa shape index (κ1) is 13.3. The van der Waals surface area contributed by atoms with Crippen LogP contribution in [0, 0.1) is 0 Å². The van der Waals surface area contributed by atoms with Gasteiger partial charge in [0.25, 0.3) is 0 Å². The Labute approximate surface area is 121 Å². The van der Waals surface area contributed by atoms with Crippen molar-refractivity contribution >= 4 is 11.9 Å². The molecule has 0 saturated heterocycles. The number of aromatic nitrogens is 4. The van der Waals surface area contributed by atoms with Crippen LogP contribution >= 0.6 is 0 Å². The van der Waals surface area contributed by atoms with Crippen LogP contribution in [0.3, 0.4) is 0 Å². The summed E-state index contributed by atoms with van der Waals surface area (Å²) in [6, 6.07) is 9.26. The van der Waals surface area contributed by atoms with Crippen LogP contribution in [0.2, 0.25) is 0 Å². The van der Waals surface area contributed by atoms with Crippen LogP contribution in [0.5, 0.6) is 0 Å². The molecule has 0 amide bonds. The molecule has 7 nitrogen and oxygen atoms in total. The van der Waals surface area contributed by atoms with Gasteiger partial charge in [0.15, 0.2) is 0 Å². The predicted octanol–water partition coefficient (Wildman–Crippen LogP) is 1.53. The summed E-state index contributed by atoms with van der Waals surface area (Å²) in [6.45, 7) is 1.97. The van der Waals surface area contributed by atoms with E-state index in [1.165, 1.54) is 7.11 Å². The third-order valence-electron chi connectivity index (χ3n) is 3.47. The third-order valence-corrected chi connectivity index (χ3v) is 3.47. The van der Waals surface area contributed by atoms with Crippen LogP contribution in [0.15, 0.2) is 41.6 Å². The number of tetrazole rings is 1. The number of rotatable bonds is 3. The van der Waals surface area contributed by atoms with E-state index >= 15 is 0 Å². The average molecular weight is 285 g/mol. The minimum Gasteiger partial charge on any atom is -0.466 e. The molecule has 108 valence electrons. The smallest absolute Gasteiger partial charge is 0.338 e. The molecule has 0 radical (unpaired) electrons. The highest BCUT2D eigenvalue weighted by atomic mass is 16.5. The molecule has 0 spiro atoms. The van der Waals surface area contributed by atoms with Crippen molar-refractivity contribution < 1.29 is 9.53 Å². The number of hydrogen-bond acceptors (Lipinski definition) is 6. The normalized spacial score (nSPS) is 17.1. The molecule has 0 bridgehead atoms. The number of carbonyl (C=O) groups is 1. The number of allylic oxidation sites excluding steroid dienone is 1. The number of methoxy groups -OCH3 is 1. The zero-order chi connectivity index (χ0) is 14.8. The molecule has 2 aromatic rings. The van der Waals surface area contributed by atoms with Crippen LogP contribution in [0.1, 0.15) is 24.9 Å². The van der Waals surface area contributed by atoms with Crippen molar-refractivity contribution in [1.29, 1.82) is 0 Å². The Morgan fingerprint density at radius 1 is 1.38 bits per heavy atom. The SMILES string of the molecule is CCC1=C(C(=O)OC)[C@H](c2ccccc2)n2nnnc2N1. The standard InChI is InChI=1S/C14H15N5O2/c1-3-10-11(13(20)21-2)12(9-7-5-4-6-8-9)19-14(15-10)16-17-18-19/h4-8,12H,3H2,1-2H3,(H,15,16,18)/t12-/m0/s1. The van der Waals surface area contributed by atoms with Gasteiger partial charge in [0.1, 0.15) is 6.04 Å². The van der Waals surface area contributed by atoms with Gasteiger partial charge in [0.05, 0.1) is 12.7 Å². The first-order valence-corrected chi connectivity index (χ1v) is 6.67. The number of anilines is 1. The number of fused-ring (bicyclic) bond motifs is 1. The lowest BCUT2D eigenvalue weighted by molar-refractivity contribution is -0.136. The van der Waals surface area contributed by atoms with Gasteiger partial charge in [-0.1, -0.05) is 42.4 Å². The Kier molecular flexibility index (Phi) is 3.39. The van der Waals surface area contributed by atoms with Gasteiger partial charge in [0.2, 0.25) is 5.95 Å². The average Bonchev–Trinajstić information content (AvgIpc) is 3.01. The van der Waals surface area contributed by atoms with Crippen molar-refractivity contribution in [3.05, 3.63) is 47.2 Å². The summed E-state index contributed by atoms with van der Waals surface area (Å²) >= 11 is 0. The van der Waals surface area contributed by atoms with E-state index in [1.54, 1.807) is 4.68 Å². The zero-order valence-electron chi connectivity index (χ0n) is 11.8. The van der Waals surface area contributed by atoms with Gasteiger partial charge in [-0.15, -0.1) is 0 Å². The van der Waals surface area contributed by atoms with Crippen LogP contribution in [0.4, 0.5) is 5.95 Å². The summed E-state index contributed by atoms with van der Waals surface area (Å²) < 4.78 is 6.54. The van der Waals surface area contributed by atoms with Crippen molar-refractivity contribution in [3.63, 3.8) is 0 Å². The topological polar surface area (TPSA) is 81.9 Å². The molecule has 1 atom stereocenters. The van der Waals surface area contributed by atoms with Crippen molar-refractivity contribution in [2.45, 2.75) is 19.4 Å². The zero-order valence-corrected chi connectivity index (χ0v) is 11.8. The Balaban J connectivity index is 2.20. The van der Waals surface area contributed by atoms with E-state index < -0.39 is 0 Å². The molecule has 0 saturated carbocycles. The fourth-order valence-electron chi connectivity index (χ4n) is 2.51. The predicted molar refractivity (Wildman–Crippen MR) is 75.4 cm³/mol. The van der Waals surface area contributed by atoms with Gasteiger partial charge in [-0.3, -0.25) is 0 Å². The maximum atomic E-state index is 12.2. The molecule has 2 heterocycles. The number of hydrogen-bond donors (Lipinski definition) is 1. The van der Waals surface area contributed by atoms with E-state index in [9.17, 15) is 4.79 Å². The third kappa shape index (κ3) is 2.16. The molecule has 7 heteroatoms. The summed E-state index contributed by atoms with van der Waals surface area (Å²) in [5, 5.41) is 14.7. The molecule has 1 aliphatic heterocycles. The van der Waals surface area contributed by atoms with E-state index in [2.05, 4.69) is 20.8 Å². The highest BCUT2D eigenvalue weighted by molar-refractivity contribution is 5.92. The second-order valence-corrected chi connectivity index (χ2v) is 4.62. The molecular formula is C14H15N5O2. The molecule has 21 heavy (non-hydrogen) atoms. The number of nitrogens with zero attached hydrogens (tertiary/aromatic N) is 4. The molecule has 0 aliphatic carbocycles. The Morgan fingerprint density at radius 3 is 2.81 bits per heavy atom. The minimum atomic E-state index is -0.389. The molecule has 0 fully saturated rings. The summed E-state index contributed by atoms with van der Waals surface area (Å²) in [4.78, 5) is 12.2. The second-order valence-electron chi connectivity index (χ2n) is 4.62. The maximum Gasteiger partial charge on any atom is 0.338 e. The molecule has 1 aromatic carbocycles. The van der Waals surface area contributed by atoms with Crippen LogP contribution in [-0.4, -0.2) is 33.3 Å². The number of benzene rings is 1. The van der Waals surface area contributed by atoms with Gasteiger partial charge in [-0.2, -0.15) is 4.68 Å². The fraction of sp³-hybridized carbons (Fsp3) is 0.286. The van der Waals surface area contributed by atoms with Gasteiger partial charge < -0.3 is 10.1 Å². The highest BCUT2D eigenvalue weighted by Gasteiger charge is 2.35. The van der Waals surface area contributed by atoms with E-state index in [0.29, 0.717) is 17.9 Å². The first-order chi connectivity index (χ1) is 10.3. The fourth-order valence-corrected chi connectivity index (χ4v) is 2.51. The van der Waals surface area contributed by atoms with Gasteiger partial charge in [0, 0.05) is 5.70 Å². The molecule has 0 unspecified atom stereocenters. The quantitative estimate of drug-likeness (QED) is 0.861.